The van der Waals surface area contributed by atoms with Gasteiger partial charge in [-0.15, -0.1) is 0 Å². The number of likely N-dealkylation sites (tertiary alicyclic amines) is 1. The molecule has 1 fully saturated rings. The van der Waals surface area contributed by atoms with Crippen molar-refractivity contribution in [2.24, 2.45) is 5.92 Å². The van der Waals surface area contributed by atoms with Gasteiger partial charge in [0.25, 0.3) is 0 Å². The van der Waals surface area contributed by atoms with Crippen molar-refractivity contribution in [1.82, 2.24) is 15.5 Å². The lowest BCUT2D eigenvalue weighted by Gasteiger charge is -2.21. The highest BCUT2D eigenvalue weighted by atomic mass is 16.2. The molecule has 0 aliphatic carbocycles. The highest BCUT2D eigenvalue weighted by Gasteiger charge is 2.30. The van der Waals surface area contributed by atoms with E-state index in [2.05, 4.69) is 10.6 Å². The molecule has 0 bridgehead atoms. The Balaban J connectivity index is 1.69. The molecule has 1 saturated heterocycles. The van der Waals surface area contributed by atoms with Crippen LogP contribution in [-0.4, -0.2) is 36.0 Å². The summed E-state index contributed by atoms with van der Waals surface area (Å²) in [6.45, 7) is 5.81. The van der Waals surface area contributed by atoms with Crippen LogP contribution >= 0.6 is 0 Å². The molecule has 1 atom stereocenters. The number of amides is 3. The lowest BCUT2D eigenvalue weighted by molar-refractivity contribution is -0.129. The summed E-state index contributed by atoms with van der Waals surface area (Å²) in [6, 6.07) is 9.82. The van der Waals surface area contributed by atoms with Crippen molar-refractivity contribution in [2.75, 3.05) is 13.1 Å². The fraction of sp³-hybridized carbons (Fsp3) is 0.500. The molecule has 1 aromatic rings. The van der Waals surface area contributed by atoms with Crippen molar-refractivity contribution in [3.8, 4) is 0 Å². The molecule has 1 heterocycles. The van der Waals surface area contributed by atoms with Gasteiger partial charge in [0.15, 0.2) is 0 Å². The summed E-state index contributed by atoms with van der Waals surface area (Å²) in [5.41, 5.74) is 1.06. The lowest BCUT2D eigenvalue weighted by Crippen LogP contribution is -2.39. The molecule has 1 aliphatic rings. The van der Waals surface area contributed by atoms with Crippen LogP contribution in [0.25, 0.3) is 0 Å². The summed E-state index contributed by atoms with van der Waals surface area (Å²) in [5, 5.41) is 5.67. The fourth-order valence-electron chi connectivity index (χ4n) is 2.52. The number of carbonyl (C=O) groups excluding carboxylic acids is 2. The van der Waals surface area contributed by atoms with Crippen LogP contribution in [0.1, 0.15) is 25.8 Å². The molecule has 0 spiro atoms. The van der Waals surface area contributed by atoms with Gasteiger partial charge in [-0.3, -0.25) is 4.79 Å². The van der Waals surface area contributed by atoms with Crippen LogP contribution in [0, 0.1) is 5.92 Å². The third-order valence-electron chi connectivity index (χ3n) is 3.71. The Hall–Kier alpha value is -2.04. The summed E-state index contributed by atoms with van der Waals surface area (Å²) in [7, 11) is 0. The highest BCUT2D eigenvalue weighted by molar-refractivity contribution is 5.79. The summed E-state index contributed by atoms with van der Waals surface area (Å²) < 4.78 is 0. The number of hydrogen-bond donors (Lipinski definition) is 2. The van der Waals surface area contributed by atoms with E-state index in [4.69, 9.17) is 0 Å². The predicted molar refractivity (Wildman–Crippen MR) is 81.6 cm³/mol. The van der Waals surface area contributed by atoms with Gasteiger partial charge in [0.1, 0.15) is 0 Å². The lowest BCUT2D eigenvalue weighted by atomic mass is 10.1. The summed E-state index contributed by atoms with van der Waals surface area (Å²) >= 11 is 0. The Morgan fingerprint density at radius 3 is 2.62 bits per heavy atom. The minimum Gasteiger partial charge on any atom is -0.340 e. The zero-order chi connectivity index (χ0) is 15.2. The van der Waals surface area contributed by atoms with E-state index >= 15 is 0 Å². The number of urea groups is 1. The fourth-order valence-corrected chi connectivity index (χ4v) is 2.52. The quantitative estimate of drug-likeness (QED) is 0.867. The van der Waals surface area contributed by atoms with Crippen molar-refractivity contribution in [3.05, 3.63) is 35.9 Å². The number of carbonyl (C=O) groups is 2. The Morgan fingerprint density at radius 1 is 1.29 bits per heavy atom. The van der Waals surface area contributed by atoms with Gasteiger partial charge in [-0.05, 0) is 19.4 Å². The van der Waals surface area contributed by atoms with Crippen LogP contribution in [0.3, 0.4) is 0 Å². The van der Waals surface area contributed by atoms with E-state index in [9.17, 15) is 9.59 Å². The first-order chi connectivity index (χ1) is 10.1. The van der Waals surface area contributed by atoms with E-state index in [0.717, 1.165) is 12.1 Å². The van der Waals surface area contributed by atoms with E-state index in [1.807, 2.05) is 49.1 Å². The number of hydrogen-bond acceptors (Lipinski definition) is 2. The van der Waals surface area contributed by atoms with Crippen LogP contribution in [0.5, 0.6) is 0 Å². The first kappa shape index (κ1) is 15.4. The molecule has 2 N–H and O–H groups in total. The van der Waals surface area contributed by atoms with Crippen molar-refractivity contribution < 1.29 is 9.59 Å². The van der Waals surface area contributed by atoms with Gasteiger partial charge in [0.05, 0.1) is 0 Å². The maximum atomic E-state index is 11.8. The van der Waals surface area contributed by atoms with E-state index in [1.54, 1.807) is 0 Å². The van der Waals surface area contributed by atoms with Crippen LogP contribution in [0.15, 0.2) is 30.3 Å². The zero-order valence-corrected chi connectivity index (χ0v) is 12.6. The van der Waals surface area contributed by atoms with Crippen LogP contribution in [-0.2, 0) is 11.3 Å². The number of nitrogens with zero attached hydrogens (tertiary/aromatic N) is 1. The van der Waals surface area contributed by atoms with Crippen LogP contribution in [0.4, 0.5) is 4.79 Å². The third kappa shape index (κ3) is 4.48. The van der Waals surface area contributed by atoms with Crippen LogP contribution < -0.4 is 10.6 Å². The molecule has 21 heavy (non-hydrogen) atoms. The first-order valence-electron chi connectivity index (χ1n) is 7.41. The maximum absolute atomic E-state index is 11.8. The number of rotatable bonds is 5. The van der Waals surface area contributed by atoms with Crippen molar-refractivity contribution in [1.29, 1.82) is 0 Å². The Bertz CT molecular complexity index is 488. The van der Waals surface area contributed by atoms with Gasteiger partial charge in [-0.1, -0.05) is 30.3 Å². The van der Waals surface area contributed by atoms with Gasteiger partial charge >= 0.3 is 6.03 Å². The van der Waals surface area contributed by atoms with E-state index in [1.165, 1.54) is 0 Å². The molecule has 114 valence electrons. The van der Waals surface area contributed by atoms with Gasteiger partial charge < -0.3 is 15.5 Å². The number of nitrogens with one attached hydrogen (secondary N) is 2. The SMILES string of the molecule is CC(C)N1CC(CNC(=O)NCc2ccccc2)CC1=O. The Kier molecular flexibility index (Phi) is 5.20. The standard InChI is InChI=1S/C16H23N3O2/c1-12(2)19-11-14(8-15(19)20)10-18-16(21)17-9-13-6-4-3-5-7-13/h3-7,12,14H,8-11H2,1-2H3,(H2,17,18,21). The largest absolute Gasteiger partial charge is 0.340 e. The van der Waals surface area contributed by atoms with Gasteiger partial charge in [-0.25, -0.2) is 4.79 Å². The minimum absolute atomic E-state index is 0.182. The summed E-state index contributed by atoms with van der Waals surface area (Å²) in [5.74, 6) is 0.392. The molecule has 3 amide bonds. The smallest absolute Gasteiger partial charge is 0.315 e. The third-order valence-corrected chi connectivity index (χ3v) is 3.71. The Morgan fingerprint density at radius 2 is 2.00 bits per heavy atom. The van der Waals surface area contributed by atoms with Crippen LogP contribution in [0.2, 0.25) is 0 Å². The topological polar surface area (TPSA) is 61.4 Å². The molecule has 0 radical (unpaired) electrons. The highest BCUT2D eigenvalue weighted by Crippen LogP contribution is 2.19. The molecule has 0 saturated carbocycles. The van der Waals surface area contributed by atoms with Crippen molar-refractivity contribution >= 4 is 11.9 Å². The van der Waals surface area contributed by atoms with E-state index in [0.29, 0.717) is 19.5 Å². The van der Waals surface area contributed by atoms with Gasteiger partial charge in [0, 0.05) is 38.0 Å². The molecule has 5 nitrogen and oxygen atoms in total. The van der Waals surface area contributed by atoms with E-state index < -0.39 is 0 Å². The molecule has 5 heteroatoms. The molecular formula is C16H23N3O2. The van der Waals surface area contributed by atoms with Gasteiger partial charge in [-0.2, -0.15) is 0 Å². The number of benzene rings is 1. The molecule has 2 rings (SSSR count). The molecule has 1 aliphatic heterocycles. The summed E-state index contributed by atoms with van der Waals surface area (Å²) in [6.07, 6.45) is 0.525. The monoisotopic (exact) mass is 289 g/mol. The van der Waals surface area contributed by atoms with Crippen molar-refractivity contribution in [3.63, 3.8) is 0 Å². The molecule has 1 unspecified atom stereocenters. The maximum Gasteiger partial charge on any atom is 0.315 e. The average molecular weight is 289 g/mol. The predicted octanol–water partition coefficient (Wildman–Crippen LogP) is 1.74. The van der Waals surface area contributed by atoms with Gasteiger partial charge in [0.2, 0.25) is 5.91 Å². The molecule has 1 aromatic carbocycles. The second-order valence-electron chi connectivity index (χ2n) is 5.76. The normalized spacial score (nSPS) is 18.1. The second kappa shape index (κ2) is 7.11. The summed E-state index contributed by atoms with van der Waals surface area (Å²) in [4.78, 5) is 25.4. The second-order valence-corrected chi connectivity index (χ2v) is 5.76. The van der Waals surface area contributed by atoms with Crippen molar-refractivity contribution in [2.45, 2.75) is 32.9 Å². The molecular weight excluding hydrogens is 266 g/mol. The average Bonchev–Trinajstić information content (AvgIpc) is 2.85. The zero-order valence-electron chi connectivity index (χ0n) is 12.6. The first-order valence-corrected chi connectivity index (χ1v) is 7.41. The molecule has 0 aromatic heterocycles. The van der Waals surface area contributed by atoms with E-state index in [-0.39, 0.29) is 23.9 Å². The minimum atomic E-state index is -0.186. The Labute approximate surface area is 125 Å².